The monoisotopic (exact) mass is 201 g/mol. The van der Waals surface area contributed by atoms with E-state index in [4.69, 9.17) is 11.6 Å². The third kappa shape index (κ3) is 2.09. The number of nitrogens with one attached hydrogen (secondary N) is 1. The van der Waals surface area contributed by atoms with E-state index in [0.29, 0.717) is 16.4 Å². The van der Waals surface area contributed by atoms with Crippen LogP contribution in [0.4, 0.5) is 0 Å². The van der Waals surface area contributed by atoms with Crippen LogP contribution in [-0.4, -0.2) is 12.5 Å². The summed E-state index contributed by atoms with van der Waals surface area (Å²) in [6.07, 6.45) is 1.62. The molecule has 1 aromatic rings. The van der Waals surface area contributed by atoms with Gasteiger partial charge in [-0.3, -0.25) is 4.79 Å². The summed E-state index contributed by atoms with van der Waals surface area (Å²) in [6, 6.07) is 1.70. The van der Waals surface area contributed by atoms with Gasteiger partial charge in [-0.05, 0) is 11.4 Å². The van der Waals surface area contributed by atoms with E-state index in [-0.39, 0.29) is 5.91 Å². The second kappa shape index (κ2) is 4.28. The third-order valence-corrected chi connectivity index (χ3v) is 2.57. The number of rotatable bonds is 3. The van der Waals surface area contributed by atoms with Crippen molar-refractivity contribution in [3.8, 4) is 0 Å². The molecule has 4 heteroatoms. The number of amides is 1. The highest BCUT2D eigenvalue weighted by molar-refractivity contribution is 7.12. The number of carbonyl (C=O) groups is 1. The summed E-state index contributed by atoms with van der Waals surface area (Å²) < 4.78 is 0. The van der Waals surface area contributed by atoms with Crippen LogP contribution in [0.1, 0.15) is 9.67 Å². The van der Waals surface area contributed by atoms with E-state index in [1.807, 2.05) is 0 Å². The Hall–Kier alpha value is -0.800. The van der Waals surface area contributed by atoms with Crippen molar-refractivity contribution in [2.45, 2.75) is 0 Å². The fraction of sp³-hybridized carbons (Fsp3) is 0.125. The van der Waals surface area contributed by atoms with Crippen LogP contribution < -0.4 is 5.32 Å². The van der Waals surface area contributed by atoms with Crippen molar-refractivity contribution in [2.75, 3.05) is 6.54 Å². The summed E-state index contributed by atoms with van der Waals surface area (Å²) in [7, 11) is 0. The van der Waals surface area contributed by atoms with Gasteiger partial charge < -0.3 is 5.32 Å². The molecule has 1 rings (SSSR count). The molecule has 1 N–H and O–H groups in total. The fourth-order valence-electron chi connectivity index (χ4n) is 0.701. The number of halogens is 1. The van der Waals surface area contributed by atoms with Crippen molar-refractivity contribution in [2.24, 2.45) is 0 Å². The van der Waals surface area contributed by atoms with Gasteiger partial charge in [0.15, 0.2) is 0 Å². The highest BCUT2D eigenvalue weighted by Crippen LogP contribution is 2.21. The number of hydrogen-bond donors (Lipinski definition) is 1. The Morgan fingerprint density at radius 2 is 2.58 bits per heavy atom. The lowest BCUT2D eigenvalue weighted by Gasteiger charge is -1.98. The lowest BCUT2D eigenvalue weighted by atomic mass is 10.4. The molecule has 0 saturated heterocycles. The van der Waals surface area contributed by atoms with E-state index in [9.17, 15) is 4.79 Å². The Balaban J connectivity index is 2.65. The van der Waals surface area contributed by atoms with Gasteiger partial charge in [-0.2, -0.15) is 0 Å². The molecular weight excluding hydrogens is 194 g/mol. The first-order valence-electron chi connectivity index (χ1n) is 3.37. The Bertz CT molecular complexity index is 295. The summed E-state index contributed by atoms with van der Waals surface area (Å²) in [5, 5.41) is 4.93. The Kier molecular flexibility index (Phi) is 3.31. The maximum atomic E-state index is 11.3. The number of hydrogen-bond acceptors (Lipinski definition) is 2. The minimum Gasteiger partial charge on any atom is -0.348 e. The van der Waals surface area contributed by atoms with Gasteiger partial charge in [0.05, 0.1) is 5.02 Å². The van der Waals surface area contributed by atoms with Gasteiger partial charge in [-0.25, -0.2) is 0 Å². The lowest BCUT2D eigenvalue weighted by molar-refractivity contribution is 0.0962. The molecule has 0 saturated carbocycles. The van der Waals surface area contributed by atoms with Gasteiger partial charge in [0.2, 0.25) is 0 Å². The van der Waals surface area contributed by atoms with E-state index < -0.39 is 0 Å². The molecule has 1 aromatic heterocycles. The minimum absolute atomic E-state index is 0.144. The molecule has 0 aliphatic heterocycles. The van der Waals surface area contributed by atoms with Crippen molar-refractivity contribution in [3.05, 3.63) is 34.0 Å². The Labute approximate surface area is 79.9 Å². The molecule has 0 fully saturated rings. The van der Waals surface area contributed by atoms with Crippen molar-refractivity contribution >= 4 is 28.8 Å². The maximum absolute atomic E-state index is 11.3. The van der Waals surface area contributed by atoms with Gasteiger partial charge in [-0.15, -0.1) is 17.9 Å². The molecule has 0 radical (unpaired) electrons. The average Bonchev–Trinajstić information content (AvgIpc) is 2.47. The predicted molar refractivity (Wildman–Crippen MR) is 51.9 cm³/mol. The van der Waals surface area contributed by atoms with Crippen molar-refractivity contribution in [1.29, 1.82) is 0 Å². The summed E-state index contributed by atoms with van der Waals surface area (Å²) in [5.41, 5.74) is 0. The Morgan fingerprint density at radius 3 is 3.08 bits per heavy atom. The van der Waals surface area contributed by atoms with E-state index in [2.05, 4.69) is 11.9 Å². The van der Waals surface area contributed by atoms with Gasteiger partial charge in [0, 0.05) is 6.54 Å². The number of thiophene rings is 1. The molecular formula is C8H8ClNOS. The smallest absolute Gasteiger partial charge is 0.263 e. The number of carbonyl (C=O) groups excluding carboxylic acids is 1. The third-order valence-electron chi connectivity index (χ3n) is 1.23. The highest BCUT2D eigenvalue weighted by atomic mass is 35.5. The second-order valence-electron chi connectivity index (χ2n) is 2.10. The highest BCUT2D eigenvalue weighted by Gasteiger charge is 2.09. The predicted octanol–water partition coefficient (Wildman–Crippen LogP) is 2.32. The van der Waals surface area contributed by atoms with Crippen molar-refractivity contribution < 1.29 is 4.79 Å². The van der Waals surface area contributed by atoms with Crippen LogP contribution in [-0.2, 0) is 0 Å². The molecule has 64 valence electrons. The normalized spacial score (nSPS) is 9.42. The zero-order chi connectivity index (χ0) is 8.97. The zero-order valence-electron chi connectivity index (χ0n) is 6.34. The zero-order valence-corrected chi connectivity index (χ0v) is 7.91. The van der Waals surface area contributed by atoms with E-state index in [0.717, 1.165) is 0 Å². The molecule has 2 nitrogen and oxygen atoms in total. The molecule has 0 bridgehead atoms. The minimum atomic E-state index is -0.144. The SMILES string of the molecule is C=CCNC(=O)c1sccc1Cl. The van der Waals surface area contributed by atoms with Crippen LogP contribution in [0.15, 0.2) is 24.1 Å². The largest absolute Gasteiger partial charge is 0.348 e. The maximum Gasteiger partial charge on any atom is 0.263 e. The van der Waals surface area contributed by atoms with Crippen molar-refractivity contribution in [1.82, 2.24) is 5.32 Å². The molecule has 1 heterocycles. The first-order valence-corrected chi connectivity index (χ1v) is 4.63. The quantitative estimate of drug-likeness (QED) is 0.748. The summed E-state index contributed by atoms with van der Waals surface area (Å²) in [4.78, 5) is 11.8. The van der Waals surface area contributed by atoms with Gasteiger partial charge in [0.1, 0.15) is 4.88 Å². The van der Waals surface area contributed by atoms with Gasteiger partial charge >= 0.3 is 0 Å². The molecule has 0 aromatic carbocycles. The molecule has 0 atom stereocenters. The molecule has 0 unspecified atom stereocenters. The summed E-state index contributed by atoms with van der Waals surface area (Å²) in [6.45, 7) is 3.96. The topological polar surface area (TPSA) is 29.1 Å². The van der Waals surface area contributed by atoms with Gasteiger partial charge in [0.25, 0.3) is 5.91 Å². The Morgan fingerprint density at radius 1 is 1.83 bits per heavy atom. The first-order chi connectivity index (χ1) is 5.75. The summed E-state index contributed by atoms with van der Waals surface area (Å²) >= 11 is 7.07. The molecule has 12 heavy (non-hydrogen) atoms. The van der Waals surface area contributed by atoms with Crippen molar-refractivity contribution in [3.63, 3.8) is 0 Å². The standard InChI is InChI=1S/C8H8ClNOS/c1-2-4-10-8(11)7-6(9)3-5-12-7/h2-3,5H,1,4H2,(H,10,11). The first kappa shape index (κ1) is 9.29. The van der Waals surface area contributed by atoms with E-state index in [1.165, 1.54) is 11.3 Å². The van der Waals surface area contributed by atoms with Crippen LogP contribution in [0.3, 0.4) is 0 Å². The molecule has 0 aliphatic rings. The van der Waals surface area contributed by atoms with Crippen LogP contribution in [0.2, 0.25) is 5.02 Å². The second-order valence-corrected chi connectivity index (χ2v) is 3.42. The fourth-order valence-corrected chi connectivity index (χ4v) is 1.76. The van der Waals surface area contributed by atoms with E-state index in [1.54, 1.807) is 17.5 Å². The molecule has 0 spiro atoms. The van der Waals surface area contributed by atoms with Crippen LogP contribution in [0.25, 0.3) is 0 Å². The van der Waals surface area contributed by atoms with Crippen LogP contribution in [0.5, 0.6) is 0 Å². The van der Waals surface area contributed by atoms with Crippen LogP contribution in [0, 0.1) is 0 Å². The van der Waals surface area contributed by atoms with Crippen LogP contribution >= 0.6 is 22.9 Å². The average molecular weight is 202 g/mol. The summed E-state index contributed by atoms with van der Waals surface area (Å²) in [5.74, 6) is -0.144. The lowest BCUT2D eigenvalue weighted by Crippen LogP contribution is -2.22. The molecule has 0 aliphatic carbocycles. The van der Waals surface area contributed by atoms with Gasteiger partial charge in [-0.1, -0.05) is 17.7 Å². The van der Waals surface area contributed by atoms with E-state index >= 15 is 0 Å². The molecule has 1 amide bonds.